The highest BCUT2D eigenvalue weighted by atomic mass is 16.5. The van der Waals surface area contributed by atoms with Crippen LogP contribution in [0.5, 0.6) is 5.75 Å². The number of ether oxygens (including phenoxy) is 1. The lowest BCUT2D eigenvalue weighted by atomic mass is 10.2. The quantitative estimate of drug-likeness (QED) is 0.724. The molecule has 1 aromatic carbocycles. The highest BCUT2D eigenvalue weighted by Gasteiger charge is 2.29. The number of hydrogen-bond acceptors (Lipinski definition) is 4. The molecule has 3 amide bonds. The second-order valence-electron chi connectivity index (χ2n) is 3.29. The minimum Gasteiger partial charge on any atom is -0.482 e. The number of benzene rings is 1. The fourth-order valence-corrected chi connectivity index (χ4v) is 1.55. The third-order valence-electron chi connectivity index (χ3n) is 2.31. The van der Waals surface area contributed by atoms with Crippen molar-refractivity contribution in [3.63, 3.8) is 0 Å². The van der Waals surface area contributed by atoms with Gasteiger partial charge in [0.05, 0.1) is 5.69 Å². The number of nitrogens with one attached hydrogen (secondary N) is 1. The number of rotatable bonds is 1. The van der Waals surface area contributed by atoms with E-state index in [0.29, 0.717) is 11.4 Å². The molecule has 1 aliphatic rings. The number of carbonyl (C=O) groups is 2. The third-order valence-corrected chi connectivity index (χ3v) is 2.31. The molecule has 0 fully saturated rings. The van der Waals surface area contributed by atoms with Gasteiger partial charge in [-0.2, -0.15) is 0 Å². The smallest absolute Gasteiger partial charge is 0.326 e. The molecule has 0 atom stereocenters. The van der Waals surface area contributed by atoms with E-state index < -0.39 is 11.9 Å². The van der Waals surface area contributed by atoms with Crippen LogP contribution in [0.2, 0.25) is 0 Å². The van der Waals surface area contributed by atoms with E-state index in [1.165, 1.54) is 0 Å². The first kappa shape index (κ1) is 10.3. The molecule has 6 nitrogen and oxygen atoms in total. The van der Waals surface area contributed by atoms with Gasteiger partial charge in [0, 0.05) is 12.7 Å². The molecule has 0 radical (unpaired) electrons. The summed E-state index contributed by atoms with van der Waals surface area (Å²) in [7, 11) is 1.74. The van der Waals surface area contributed by atoms with Crippen molar-refractivity contribution in [1.82, 2.24) is 0 Å². The van der Waals surface area contributed by atoms with Crippen LogP contribution in [0.15, 0.2) is 18.2 Å². The SMILES string of the molecule is CNc1ccc2c(c1)N(C(N)=O)C(=O)CO2. The Labute approximate surface area is 92.0 Å². The maximum atomic E-state index is 11.5. The molecule has 1 heterocycles. The summed E-state index contributed by atoms with van der Waals surface area (Å²) in [6.07, 6.45) is 0. The summed E-state index contributed by atoms with van der Waals surface area (Å²) in [5, 5.41) is 2.91. The number of amides is 3. The molecule has 84 valence electrons. The number of nitrogens with zero attached hydrogens (tertiary/aromatic N) is 1. The van der Waals surface area contributed by atoms with Crippen LogP contribution in [0.25, 0.3) is 0 Å². The minimum absolute atomic E-state index is 0.172. The fraction of sp³-hybridized carbons (Fsp3) is 0.200. The lowest BCUT2D eigenvalue weighted by Gasteiger charge is -2.26. The standard InChI is InChI=1S/C10H11N3O3/c1-12-6-2-3-8-7(4-6)13(10(11)15)9(14)5-16-8/h2-4,12H,5H2,1H3,(H2,11,15). The molecule has 0 aliphatic carbocycles. The monoisotopic (exact) mass is 221 g/mol. The summed E-state index contributed by atoms with van der Waals surface area (Å²) in [6.45, 7) is -0.172. The van der Waals surface area contributed by atoms with Gasteiger partial charge in [-0.1, -0.05) is 0 Å². The molecule has 16 heavy (non-hydrogen) atoms. The summed E-state index contributed by atoms with van der Waals surface area (Å²) < 4.78 is 5.19. The Hall–Kier alpha value is -2.24. The average molecular weight is 221 g/mol. The zero-order valence-electron chi connectivity index (χ0n) is 8.69. The minimum atomic E-state index is -0.803. The van der Waals surface area contributed by atoms with Gasteiger partial charge < -0.3 is 15.8 Å². The molecular weight excluding hydrogens is 210 g/mol. The van der Waals surface area contributed by atoms with E-state index in [-0.39, 0.29) is 6.61 Å². The van der Waals surface area contributed by atoms with Crippen LogP contribution in [0.3, 0.4) is 0 Å². The van der Waals surface area contributed by atoms with Crippen molar-refractivity contribution < 1.29 is 14.3 Å². The van der Waals surface area contributed by atoms with Crippen molar-refractivity contribution in [2.45, 2.75) is 0 Å². The molecule has 0 saturated heterocycles. The van der Waals surface area contributed by atoms with Crippen LogP contribution in [-0.2, 0) is 4.79 Å². The Morgan fingerprint density at radius 2 is 2.31 bits per heavy atom. The molecule has 2 rings (SSSR count). The number of imide groups is 1. The van der Waals surface area contributed by atoms with E-state index >= 15 is 0 Å². The first-order valence-corrected chi connectivity index (χ1v) is 4.70. The van der Waals surface area contributed by atoms with Gasteiger partial charge in [0.1, 0.15) is 5.75 Å². The molecule has 1 aromatic rings. The van der Waals surface area contributed by atoms with E-state index in [4.69, 9.17) is 10.5 Å². The van der Waals surface area contributed by atoms with Crippen LogP contribution < -0.4 is 20.7 Å². The van der Waals surface area contributed by atoms with Crippen LogP contribution in [-0.4, -0.2) is 25.6 Å². The van der Waals surface area contributed by atoms with Gasteiger partial charge in [-0.05, 0) is 18.2 Å². The number of primary amides is 1. The summed E-state index contributed by atoms with van der Waals surface area (Å²) in [5.41, 5.74) is 6.29. The molecule has 0 unspecified atom stereocenters. The third kappa shape index (κ3) is 1.54. The van der Waals surface area contributed by atoms with Gasteiger partial charge in [0.25, 0.3) is 5.91 Å². The molecule has 1 aliphatic heterocycles. The molecule has 3 N–H and O–H groups in total. The number of urea groups is 1. The van der Waals surface area contributed by atoms with E-state index in [1.54, 1.807) is 25.2 Å². The highest BCUT2D eigenvalue weighted by Crippen LogP contribution is 2.34. The first-order valence-electron chi connectivity index (χ1n) is 4.70. The van der Waals surface area contributed by atoms with E-state index in [9.17, 15) is 9.59 Å². The van der Waals surface area contributed by atoms with Crippen LogP contribution in [0.4, 0.5) is 16.2 Å². The highest BCUT2D eigenvalue weighted by molar-refractivity contribution is 6.16. The van der Waals surface area contributed by atoms with Gasteiger partial charge in [-0.15, -0.1) is 0 Å². The van der Waals surface area contributed by atoms with Crippen molar-refractivity contribution in [2.24, 2.45) is 5.73 Å². The summed E-state index contributed by atoms with van der Waals surface area (Å²) in [6, 6.07) is 4.30. The Balaban J connectivity index is 2.52. The molecule has 0 aromatic heterocycles. The van der Waals surface area contributed by atoms with Crippen molar-refractivity contribution in [2.75, 3.05) is 23.9 Å². The molecule has 0 bridgehead atoms. The Morgan fingerprint density at radius 1 is 1.56 bits per heavy atom. The zero-order valence-corrected chi connectivity index (χ0v) is 8.69. The predicted molar refractivity (Wildman–Crippen MR) is 58.6 cm³/mol. The molecule has 0 saturated carbocycles. The number of nitrogens with two attached hydrogens (primary N) is 1. The van der Waals surface area contributed by atoms with Gasteiger partial charge >= 0.3 is 6.03 Å². The van der Waals surface area contributed by atoms with Crippen molar-refractivity contribution in [3.8, 4) is 5.75 Å². The molecular formula is C10H11N3O3. The predicted octanol–water partition coefficient (Wildman–Crippen LogP) is 0.532. The normalized spacial score (nSPS) is 14.1. The van der Waals surface area contributed by atoms with Crippen LogP contribution in [0, 0.1) is 0 Å². The van der Waals surface area contributed by atoms with E-state index in [1.807, 2.05) is 0 Å². The second-order valence-corrected chi connectivity index (χ2v) is 3.29. The second kappa shape index (κ2) is 3.73. The van der Waals surface area contributed by atoms with Crippen LogP contribution >= 0.6 is 0 Å². The Kier molecular flexibility index (Phi) is 2.40. The van der Waals surface area contributed by atoms with Gasteiger partial charge in [-0.3, -0.25) is 4.79 Å². The topological polar surface area (TPSA) is 84.7 Å². The van der Waals surface area contributed by atoms with E-state index in [2.05, 4.69) is 5.32 Å². The van der Waals surface area contributed by atoms with Crippen molar-refractivity contribution in [3.05, 3.63) is 18.2 Å². The zero-order chi connectivity index (χ0) is 11.7. The number of hydrogen-bond donors (Lipinski definition) is 2. The number of fused-ring (bicyclic) bond motifs is 1. The fourth-order valence-electron chi connectivity index (χ4n) is 1.55. The van der Waals surface area contributed by atoms with Gasteiger partial charge in [0.2, 0.25) is 0 Å². The number of anilines is 2. The Morgan fingerprint density at radius 3 is 2.94 bits per heavy atom. The lowest BCUT2D eigenvalue weighted by Crippen LogP contribution is -2.46. The summed E-state index contributed by atoms with van der Waals surface area (Å²) in [4.78, 5) is 23.6. The summed E-state index contributed by atoms with van der Waals surface area (Å²) in [5.74, 6) is 0.00523. The molecule has 6 heteroatoms. The first-order chi connectivity index (χ1) is 7.63. The largest absolute Gasteiger partial charge is 0.482 e. The van der Waals surface area contributed by atoms with Gasteiger partial charge in [-0.25, -0.2) is 9.69 Å². The lowest BCUT2D eigenvalue weighted by molar-refractivity contribution is -0.120. The van der Waals surface area contributed by atoms with E-state index in [0.717, 1.165) is 10.6 Å². The van der Waals surface area contributed by atoms with Crippen molar-refractivity contribution >= 4 is 23.3 Å². The maximum absolute atomic E-state index is 11.5. The van der Waals surface area contributed by atoms with Gasteiger partial charge in [0.15, 0.2) is 6.61 Å². The van der Waals surface area contributed by atoms with Crippen molar-refractivity contribution in [1.29, 1.82) is 0 Å². The molecule has 0 spiro atoms. The average Bonchev–Trinajstić information content (AvgIpc) is 2.27. The summed E-state index contributed by atoms with van der Waals surface area (Å²) >= 11 is 0. The number of carbonyl (C=O) groups excluding carboxylic acids is 2. The van der Waals surface area contributed by atoms with Crippen LogP contribution in [0.1, 0.15) is 0 Å². The Bertz CT molecular complexity index is 459. The maximum Gasteiger partial charge on any atom is 0.326 e.